The Kier molecular flexibility index (Phi) is 6.87. The van der Waals surface area contributed by atoms with E-state index in [1.165, 1.54) is 48.5 Å². The van der Waals surface area contributed by atoms with Crippen LogP contribution in [0.15, 0.2) is 48.5 Å². The lowest BCUT2D eigenvalue weighted by Crippen LogP contribution is -2.79. The maximum Gasteiger partial charge on any atom is 1.00 e. The summed E-state index contributed by atoms with van der Waals surface area (Å²) in [4.78, 5) is 0. The standard InChI is InChI=1S/C32H32BF4/c1-17-9-25(34)10-18(2)29(17)33(30-19(3)11-26(35)12-20(30)4,31-21(5)13-27(36)14-22(31)6)32-23(7)15-28(37)16-24(32)8/h9-16H,1-8H3/q-1/p+1. The van der Waals surface area contributed by atoms with Gasteiger partial charge >= 0.3 is 1.43 Å². The second kappa shape index (κ2) is 9.52. The van der Waals surface area contributed by atoms with Crippen LogP contribution in [0.5, 0.6) is 0 Å². The normalized spacial score (nSPS) is 11.8. The predicted molar refractivity (Wildman–Crippen MR) is 149 cm³/mol. The van der Waals surface area contributed by atoms with Crippen LogP contribution in [0.25, 0.3) is 0 Å². The molecule has 0 aliphatic heterocycles. The second-order valence-corrected chi connectivity index (χ2v) is 10.7. The van der Waals surface area contributed by atoms with E-state index in [1.54, 1.807) is 0 Å². The molecule has 0 amide bonds. The van der Waals surface area contributed by atoms with E-state index in [0.717, 1.165) is 66.4 Å². The van der Waals surface area contributed by atoms with E-state index in [-0.39, 0.29) is 24.7 Å². The molecule has 0 aliphatic rings. The van der Waals surface area contributed by atoms with Crippen LogP contribution in [-0.4, -0.2) is 6.15 Å². The first-order valence-corrected chi connectivity index (χ1v) is 12.5. The topological polar surface area (TPSA) is 0 Å². The molecule has 4 rings (SSSR count). The smallest absolute Gasteiger partial charge is 0.207 e. The molecule has 0 bridgehead atoms. The van der Waals surface area contributed by atoms with Gasteiger partial charge in [0.15, 0.2) is 0 Å². The van der Waals surface area contributed by atoms with Crippen molar-refractivity contribution in [3.8, 4) is 0 Å². The lowest BCUT2D eigenvalue weighted by atomic mass is 9.10. The van der Waals surface area contributed by atoms with Crippen molar-refractivity contribution in [1.82, 2.24) is 0 Å². The van der Waals surface area contributed by atoms with Crippen LogP contribution >= 0.6 is 0 Å². The number of hydrogen-bond acceptors (Lipinski definition) is 0. The van der Waals surface area contributed by atoms with Crippen molar-refractivity contribution >= 4 is 28.0 Å². The Bertz CT molecular complexity index is 1230. The molecule has 0 heterocycles. The van der Waals surface area contributed by atoms with Gasteiger partial charge in [-0.3, -0.25) is 0 Å². The molecule has 5 heteroatoms. The fourth-order valence-corrected chi connectivity index (χ4v) is 7.29. The molecule has 0 N–H and O–H groups in total. The van der Waals surface area contributed by atoms with Crippen LogP contribution in [0.1, 0.15) is 45.9 Å². The van der Waals surface area contributed by atoms with Gasteiger partial charge in [-0.1, -0.05) is 44.5 Å². The fourth-order valence-electron chi connectivity index (χ4n) is 7.29. The Balaban J connectivity index is 0.00000400. The summed E-state index contributed by atoms with van der Waals surface area (Å²) in [5, 5.41) is 0. The van der Waals surface area contributed by atoms with Gasteiger partial charge in [-0.2, -0.15) is 21.9 Å². The van der Waals surface area contributed by atoms with Gasteiger partial charge in [0, 0.05) is 0 Å². The molecular weight excluding hydrogens is 471 g/mol. The largest absolute Gasteiger partial charge is 1.00 e. The van der Waals surface area contributed by atoms with Gasteiger partial charge in [-0.05, 0) is 104 Å². The molecule has 0 fully saturated rings. The first-order valence-electron chi connectivity index (χ1n) is 12.5. The van der Waals surface area contributed by atoms with E-state index in [9.17, 15) is 17.6 Å². The zero-order chi connectivity index (χ0) is 27.4. The lowest BCUT2D eigenvalue weighted by Gasteiger charge is -2.51. The Morgan fingerprint density at radius 2 is 0.486 bits per heavy atom. The van der Waals surface area contributed by atoms with Gasteiger partial charge in [0.1, 0.15) is 29.4 Å². The molecule has 0 saturated carbocycles. The summed E-state index contributed by atoms with van der Waals surface area (Å²) in [7, 11) is 0. The van der Waals surface area contributed by atoms with Crippen LogP contribution in [0.3, 0.4) is 0 Å². The highest BCUT2D eigenvalue weighted by atomic mass is 19.1. The number of benzene rings is 4. The highest BCUT2D eigenvalue weighted by molar-refractivity contribution is 7.21. The van der Waals surface area contributed by atoms with Gasteiger partial charge < -0.3 is 0 Å². The minimum Gasteiger partial charge on any atom is -0.207 e. The molecule has 0 unspecified atom stereocenters. The molecule has 0 spiro atoms. The minimum atomic E-state index is -2.14. The average molecular weight is 504 g/mol. The number of aryl methyl sites for hydroxylation is 8. The van der Waals surface area contributed by atoms with Crippen LogP contribution in [-0.2, 0) is 0 Å². The molecule has 0 saturated heterocycles. The molecule has 4 aromatic carbocycles. The molecule has 192 valence electrons. The third-order valence-electron chi connectivity index (χ3n) is 7.97. The lowest BCUT2D eigenvalue weighted by molar-refractivity contribution is 0.625. The highest BCUT2D eigenvalue weighted by Crippen LogP contribution is 2.25. The maximum absolute atomic E-state index is 14.7. The molecule has 0 nitrogen and oxygen atoms in total. The zero-order valence-corrected chi connectivity index (χ0v) is 22.7. The predicted octanol–water partition coefficient (Wildman–Crippen LogP) is 6.20. The SMILES string of the molecule is Cc1cc(F)cc(C)c1[B-](c1c(C)cc(F)cc1C)(c1c(C)cc(F)cc1C)c1c(C)cc(F)cc1C.[H+]. The van der Waals surface area contributed by atoms with Gasteiger partial charge in [0.05, 0.1) is 0 Å². The molecule has 0 atom stereocenters. The summed E-state index contributed by atoms with van der Waals surface area (Å²) >= 11 is 0. The number of rotatable bonds is 4. The van der Waals surface area contributed by atoms with Crippen molar-refractivity contribution in [2.45, 2.75) is 55.4 Å². The van der Waals surface area contributed by atoms with Crippen molar-refractivity contribution in [2.75, 3.05) is 0 Å². The van der Waals surface area contributed by atoms with E-state index in [1.807, 2.05) is 55.4 Å². The maximum atomic E-state index is 14.7. The van der Waals surface area contributed by atoms with Gasteiger partial charge in [-0.15, -0.1) is 0 Å². The van der Waals surface area contributed by atoms with Crippen LogP contribution in [0.2, 0.25) is 0 Å². The van der Waals surface area contributed by atoms with Crippen molar-refractivity contribution < 1.29 is 19.0 Å². The molecular formula is C32H33BF4. The Morgan fingerprint density at radius 3 is 0.622 bits per heavy atom. The van der Waals surface area contributed by atoms with Crippen molar-refractivity contribution in [3.05, 3.63) is 116 Å². The summed E-state index contributed by atoms with van der Waals surface area (Å²) in [6.45, 7) is 15.0. The quantitative estimate of drug-likeness (QED) is 0.229. The van der Waals surface area contributed by atoms with Crippen LogP contribution < -0.4 is 21.9 Å². The van der Waals surface area contributed by atoms with E-state index < -0.39 is 6.15 Å². The monoisotopic (exact) mass is 504 g/mol. The van der Waals surface area contributed by atoms with E-state index in [2.05, 4.69) is 0 Å². The van der Waals surface area contributed by atoms with E-state index >= 15 is 0 Å². The van der Waals surface area contributed by atoms with Gasteiger partial charge in [-0.25, -0.2) is 17.6 Å². The Morgan fingerprint density at radius 1 is 0.351 bits per heavy atom. The highest BCUT2D eigenvalue weighted by Gasteiger charge is 2.40. The summed E-state index contributed by atoms with van der Waals surface area (Å²) in [5.74, 6) is -1.40. The molecule has 37 heavy (non-hydrogen) atoms. The molecule has 0 aliphatic carbocycles. The van der Waals surface area contributed by atoms with Gasteiger partial charge in [0.2, 0.25) is 0 Å². The Labute approximate surface area is 218 Å². The summed E-state index contributed by atoms with van der Waals surface area (Å²) in [5.41, 5.74) is 9.37. The van der Waals surface area contributed by atoms with E-state index in [4.69, 9.17) is 0 Å². The van der Waals surface area contributed by atoms with Crippen LogP contribution in [0, 0.1) is 78.7 Å². The van der Waals surface area contributed by atoms with Crippen LogP contribution in [0.4, 0.5) is 17.6 Å². The second-order valence-electron chi connectivity index (χ2n) is 10.7. The minimum absolute atomic E-state index is 0. The summed E-state index contributed by atoms with van der Waals surface area (Å²) in [6, 6.07) is 12.1. The van der Waals surface area contributed by atoms with Crippen molar-refractivity contribution in [3.63, 3.8) is 0 Å². The Hall–Kier alpha value is -3.34. The van der Waals surface area contributed by atoms with E-state index in [0.29, 0.717) is 0 Å². The first-order chi connectivity index (χ1) is 17.3. The number of halogens is 4. The molecule has 4 aromatic rings. The molecule has 0 aromatic heterocycles. The van der Waals surface area contributed by atoms with Crippen molar-refractivity contribution in [2.24, 2.45) is 0 Å². The average Bonchev–Trinajstić information content (AvgIpc) is 2.70. The third-order valence-corrected chi connectivity index (χ3v) is 7.97. The first kappa shape index (κ1) is 26.7. The zero-order valence-electron chi connectivity index (χ0n) is 23.7. The summed E-state index contributed by atoms with van der Waals surface area (Å²) < 4.78 is 58.8. The fraction of sp³-hybridized carbons (Fsp3) is 0.250. The molecule has 0 radical (unpaired) electrons. The summed E-state index contributed by atoms with van der Waals surface area (Å²) in [6.07, 6.45) is -2.14. The number of hydrogen-bond donors (Lipinski definition) is 0. The third kappa shape index (κ3) is 4.29. The van der Waals surface area contributed by atoms with Gasteiger partial charge in [0.25, 0.3) is 0 Å². The van der Waals surface area contributed by atoms with Crippen molar-refractivity contribution in [1.29, 1.82) is 0 Å².